The van der Waals surface area contributed by atoms with Gasteiger partial charge in [-0.05, 0) is 29.9 Å². The molecule has 2 fully saturated rings. The number of carbonyl (C=O) groups excluding carboxylic acids is 1. The van der Waals surface area contributed by atoms with E-state index in [-0.39, 0.29) is 5.78 Å². The van der Waals surface area contributed by atoms with Crippen LogP contribution in [0.25, 0.3) is 6.08 Å². The molecule has 0 amide bonds. The molecule has 1 aromatic carbocycles. The third kappa shape index (κ3) is 1.44. The molecule has 21 heavy (non-hydrogen) atoms. The molecule has 2 unspecified atom stereocenters. The normalized spacial score (nSPS) is 35.4. The summed E-state index contributed by atoms with van der Waals surface area (Å²) < 4.78 is 0. The van der Waals surface area contributed by atoms with E-state index in [9.17, 15) is 14.7 Å². The van der Waals surface area contributed by atoms with Crippen LogP contribution in [-0.2, 0) is 9.59 Å². The number of carbonyl (C=O) groups is 2. The highest BCUT2D eigenvalue weighted by molar-refractivity contribution is 6.14. The van der Waals surface area contributed by atoms with Crippen LogP contribution in [0.2, 0.25) is 0 Å². The fraction of sp³-hybridized carbons (Fsp3) is 0.444. The Morgan fingerprint density at radius 3 is 2.33 bits per heavy atom. The van der Waals surface area contributed by atoms with E-state index in [4.69, 9.17) is 0 Å². The van der Waals surface area contributed by atoms with Gasteiger partial charge < -0.3 is 5.11 Å². The van der Waals surface area contributed by atoms with Crippen molar-refractivity contribution in [2.75, 3.05) is 0 Å². The summed E-state index contributed by atoms with van der Waals surface area (Å²) in [6.07, 6.45) is 2.97. The molecule has 3 rings (SSSR count). The Bertz CT molecular complexity index is 656. The third-order valence-electron chi connectivity index (χ3n) is 6.13. The average Bonchev–Trinajstić information content (AvgIpc) is 2.72. The number of ketones is 1. The molecule has 2 aliphatic carbocycles. The number of aliphatic carboxylic acids is 1. The molecule has 0 aliphatic heterocycles. The smallest absolute Gasteiger partial charge is 0.314 e. The van der Waals surface area contributed by atoms with Crippen molar-refractivity contribution in [1.29, 1.82) is 0 Å². The van der Waals surface area contributed by atoms with E-state index in [1.165, 1.54) is 0 Å². The van der Waals surface area contributed by atoms with Gasteiger partial charge in [-0.15, -0.1) is 0 Å². The van der Waals surface area contributed by atoms with Crippen molar-refractivity contribution in [3.05, 3.63) is 41.5 Å². The maximum absolute atomic E-state index is 12.9. The van der Waals surface area contributed by atoms with Gasteiger partial charge in [-0.3, -0.25) is 9.59 Å². The standard InChI is InChI=1S/C18H20O3/c1-16(2)17(3)9-10-18(16,15(20)21)13(14(17)19)11-12-7-5-4-6-8-12/h4-8,11H,9-10H2,1-3H3,(H,20,21). The molecule has 2 atom stereocenters. The van der Waals surface area contributed by atoms with E-state index < -0.39 is 22.2 Å². The first kappa shape index (κ1) is 14.1. The summed E-state index contributed by atoms with van der Waals surface area (Å²) in [7, 11) is 0. The monoisotopic (exact) mass is 284 g/mol. The lowest BCUT2D eigenvalue weighted by Gasteiger charge is -2.36. The second-order valence-corrected chi connectivity index (χ2v) is 6.97. The maximum Gasteiger partial charge on any atom is 0.314 e. The quantitative estimate of drug-likeness (QED) is 0.845. The third-order valence-corrected chi connectivity index (χ3v) is 6.13. The zero-order valence-electron chi connectivity index (χ0n) is 12.6. The Morgan fingerprint density at radius 2 is 1.76 bits per heavy atom. The van der Waals surface area contributed by atoms with Gasteiger partial charge in [-0.1, -0.05) is 51.1 Å². The topological polar surface area (TPSA) is 54.4 Å². The lowest BCUT2D eigenvalue weighted by molar-refractivity contribution is -0.151. The predicted octanol–water partition coefficient (Wildman–Crippen LogP) is 3.55. The highest BCUT2D eigenvalue weighted by Gasteiger charge is 2.75. The minimum Gasteiger partial charge on any atom is -0.481 e. The van der Waals surface area contributed by atoms with Crippen molar-refractivity contribution < 1.29 is 14.7 Å². The summed E-state index contributed by atoms with van der Waals surface area (Å²) in [5.74, 6) is -0.866. The van der Waals surface area contributed by atoms with Gasteiger partial charge in [0.25, 0.3) is 0 Å². The molecule has 0 radical (unpaired) electrons. The first-order chi connectivity index (χ1) is 9.77. The summed E-state index contributed by atoms with van der Waals surface area (Å²) in [4.78, 5) is 25.0. The molecule has 0 saturated heterocycles. The minimum atomic E-state index is -1.06. The van der Waals surface area contributed by atoms with Crippen molar-refractivity contribution in [1.82, 2.24) is 0 Å². The number of benzene rings is 1. The minimum absolute atomic E-state index is 0.00463. The van der Waals surface area contributed by atoms with E-state index in [1.54, 1.807) is 6.08 Å². The SMILES string of the molecule is CC12CCC(C(=O)O)(C(=Cc3ccccc3)C1=O)C2(C)C. The van der Waals surface area contributed by atoms with Crippen LogP contribution in [0.5, 0.6) is 0 Å². The molecule has 0 heterocycles. The fourth-order valence-corrected chi connectivity index (χ4v) is 4.29. The van der Waals surface area contributed by atoms with Gasteiger partial charge in [0.1, 0.15) is 5.41 Å². The molecule has 2 saturated carbocycles. The molecular weight excluding hydrogens is 264 g/mol. The van der Waals surface area contributed by atoms with E-state index in [1.807, 2.05) is 51.1 Å². The summed E-state index contributed by atoms with van der Waals surface area (Å²) >= 11 is 0. The number of Topliss-reactive ketones (excluding diaryl/α,β-unsaturated/α-hetero) is 1. The van der Waals surface area contributed by atoms with Crippen molar-refractivity contribution in [3.63, 3.8) is 0 Å². The summed E-state index contributed by atoms with van der Waals surface area (Å²) in [5.41, 5.74) is -0.849. The van der Waals surface area contributed by atoms with Gasteiger partial charge in [0, 0.05) is 11.0 Å². The van der Waals surface area contributed by atoms with Gasteiger partial charge in [-0.2, -0.15) is 0 Å². The van der Waals surface area contributed by atoms with Crippen LogP contribution in [0.1, 0.15) is 39.2 Å². The summed E-state index contributed by atoms with van der Waals surface area (Å²) in [5, 5.41) is 9.91. The molecule has 1 aromatic rings. The Hall–Kier alpha value is -1.90. The number of carboxylic acid groups (broad SMARTS) is 1. The molecule has 2 bridgehead atoms. The van der Waals surface area contributed by atoms with Crippen LogP contribution in [0.3, 0.4) is 0 Å². The summed E-state index contributed by atoms with van der Waals surface area (Å²) in [6, 6.07) is 9.49. The number of fused-ring (bicyclic) bond motifs is 2. The molecule has 0 aromatic heterocycles. The van der Waals surface area contributed by atoms with E-state index in [0.717, 1.165) is 5.56 Å². The fourth-order valence-electron chi connectivity index (χ4n) is 4.29. The Kier molecular flexibility index (Phi) is 2.72. The van der Waals surface area contributed by atoms with Crippen molar-refractivity contribution >= 4 is 17.8 Å². The number of hydrogen-bond acceptors (Lipinski definition) is 2. The zero-order chi connectivity index (χ0) is 15.5. The van der Waals surface area contributed by atoms with Crippen molar-refractivity contribution in [3.8, 4) is 0 Å². The largest absolute Gasteiger partial charge is 0.481 e. The average molecular weight is 284 g/mol. The predicted molar refractivity (Wildman–Crippen MR) is 80.6 cm³/mol. The molecule has 2 aliphatic rings. The second kappa shape index (κ2) is 4.06. The highest BCUT2D eigenvalue weighted by Crippen LogP contribution is 2.72. The number of carboxylic acids is 1. The van der Waals surface area contributed by atoms with Crippen LogP contribution in [0, 0.1) is 16.2 Å². The van der Waals surface area contributed by atoms with Gasteiger partial charge >= 0.3 is 5.97 Å². The van der Waals surface area contributed by atoms with Crippen LogP contribution in [0.15, 0.2) is 35.9 Å². The second-order valence-electron chi connectivity index (χ2n) is 6.97. The zero-order valence-corrected chi connectivity index (χ0v) is 12.6. The molecule has 3 heteroatoms. The van der Waals surface area contributed by atoms with E-state index in [2.05, 4.69) is 0 Å². The molecule has 1 N–H and O–H groups in total. The van der Waals surface area contributed by atoms with Gasteiger partial charge in [0.15, 0.2) is 5.78 Å². The number of rotatable bonds is 2. The van der Waals surface area contributed by atoms with Crippen molar-refractivity contribution in [2.45, 2.75) is 33.6 Å². The molecular formula is C18H20O3. The van der Waals surface area contributed by atoms with Crippen LogP contribution in [0.4, 0.5) is 0 Å². The van der Waals surface area contributed by atoms with Crippen LogP contribution in [-0.4, -0.2) is 16.9 Å². The van der Waals surface area contributed by atoms with Gasteiger partial charge in [0.05, 0.1) is 0 Å². The lowest BCUT2D eigenvalue weighted by Crippen LogP contribution is -2.41. The maximum atomic E-state index is 12.9. The highest BCUT2D eigenvalue weighted by atomic mass is 16.4. The van der Waals surface area contributed by atoms with Crippen molar-refractivity contribution in [2.24, 2.45) is 16.2 Å². The Balaban J connectivity index is 2.24. The van der Waals surface area contributed by atoms with Crippen LogP contribution < -0.4 is 0 Å². The Labute approximate surface area is 124 Å². The molecule has 3 nitrogen and oxygen atoms in total. The van der Waals surface area contributed by atoms with E-state index >= 15 is 0 Å². The first-order valence-electron chi connectivity index (χ1n) is 7.33. The van der Waals surface area contributed by atoms with E-state index in [0.29, 0.717) is 18.4 Å². The molecule has 110 valence electrons. The Morgan fingerprint density at radius 1 is 1.14 bits per heavy atom. The number of hydrogen-bond donors (Lipinski definition) is 1. The summed E-state index contributed by atoms with van der Waals surface area (Å²) in [6.45, 7) is 5.78. The van der Waals surface area contributed by atoms with Crippen LogP contribution >= 0.6 is 0 Å². The molecule has 0 spiro atoms. The van der Waals surface area contributed by atoms with Gasteiger partial charge in [0.2, 0.25) is 0 Å². The lowest BCUT2D eigenvalue weighted by atomic mass is 9.64. The van der Waals surface area contributed by atoms with Gasteiger partial charge in [-0.25, -0.2) is 0 Å². The first-order valence-corrected chi connectivity index (χ1v) is 7.33.